The van der Waals surface area contributed by atoms with Crippen LogP contribution in [0, 0.1) is 25.1 Å². The first-order valence-electron chi connectivity index (χ1n) is 6.67. The fraction of sp³-hybridized carbons (Fsp3) is 0.267. The Hall–Kier alpha value is -2.50. The van der Waals surface area contributed by atoms with E-state index < -0.39 is 0 Å². The van der Waals surface area contributed by atoms with Gasteiger partial charge in [-0.25, -0.2) is 4.39 Å². The molecule has 6 heteroatoms. The molecule has 0 amide bonds. The Morgan fingerprint density at radius 3 is 2.62 bits per heavy atom. The number of hydrogen-bond acceptors (Lipinski definition) is 4. The highest BCUT2D eigenvalue weighted by Crippen LogP contribution is 2.28. The minimum atomic E-state index is -0.327. The van der Waals surface area contributed by atoms with Crippen molar-refractivity contribution in [2.75, 3.05) is 11.4 Å². The van der Waals surface area contributed by atoms with Gasteiger partial charge in [0.05, 0.1) is 11.3 Å². The molecule has 0 saturated heterocycles. The number of amidine groups is 1. The van der Waals surface area contributed by atoms with E-state index in [1.165, 1.54) is 12.1 Å². The summed E-state index contributed by atoms with van der Waals surface area (Å²) in [5.41, 5.74) is 8.42. The summed E-state index contributed by atoms with van der Waals surface area (Å²) in [4.78, 5) is 1.79. The molecule has 0 radical (unpaired) electrons. The second kappa shape index (κ2) is 5.87. The molecule has 5 nitrogen and oxygen atoms in total. The Labute approximate surface area is 123 Å². The van der Waals surface area contributed by atoms with Gasteiger partial charge in [-0.15, -0.1) is 5.10 Å². The third-order valence-electron chi connectivity index (χ3n) is 3.40. The van der Waals surface area contributed by atoms with E-state index in [9.17, 15) is 4.39 Å². The topological polar surface area (TPSA) is 78.9 Å². The van der Waals surface area contributed by atoms with E-state index in [1.54, 1.807) is 17.0 Å². The van der Waals surface area contributed by atoms with Gasteiger partial charge in [0.25, 0.3) is 0 Å². The van der Waals surface area contributed by atoms with Gasteiger partial charge >= 0.3 is 0 Å². The van der Waals surface area contributed by atoms with Crippen LogP contribution in [0.25, 0.3) is 0 Å². The first-order valence-corrected chi connectivity index (χ1v) is 6.67. The van der Waals surface area contributed by atoms with E-state index in [0.717, 1.165) is 11.3 Å². The second-order valence-corrected chi connectivity index (χ2v) is 4.75. The van der Waals surface area contributed by atoms with Crippen molar-refractivity contribution in [2.24, 2.45) is 5.73 Å². The van der Waals surface area contributed by atoms with Crippen LogP contribution >= 0.6 is 0 Å². The van der Waals surface area contributed by atoms with Crippen molar-refractivity contribution in [3.8, 4) is 0 Å². The van der Waals surface area contributed by atoms with Crippen LogP contribution in [-0.2, 0) is 0 Å². The van der Waals surface area contributed by atoms with Crippen LogP contribution in [0.15, 0.2) is 24.3 Å². The lowest BCUT2D eigenvalue weighted by atomic mass is 10.1. The van der Waals surface area contributed by atoms with Gasteiger partial charge in [-0.05, 0) is 44.5 Å². The van der Waals surface area contributed by atoms with E-state index in [1.807, 2.05) is 20.8 Å². The number of nitrogen functional groups attached to an aromatic ring is 1. The van der Waals surface area contributed by atoms with E-state index in [-0.39, 0.29) is 11.7 Å². The smallest absolute Gasteiger partial charge is 0.166 e. The third kappa shape index (κ3) is 2.84. The highest BCUT2D eigenvalue weighted by Gasteiger charge is 2.19. The molecule has 110 valence electrons. The molecule has 0 bridgehead atoms. The number of rotatable bonds is 4. The minimum absolute atomic E-state index is 0.0737. The molecule has 2 aromatic rings. The molecule has 1 aromatic heterocycles. The van der Waals surface area contributed by atoms with Gasteiger partial charge in [-0.2, -0.15) is 5.10 Å². The summed E-state index contributed by atoms with van der Waals surface area (Å²) in [6, 6.07) is 6.22. The normalized spacial score (nSPS) is 10.5. The molecule has 0 aliphatic heterocycles. The minimum Gasteiger partial charge on any atom is -0.384 e. The molecule has 0 unspecified atom stereocenters. The van der Waals surface area contributed by atoms with Gasteiger partial charge in [0.15, 0.2) is 5.82 Å². The molecule has 3 N–H and O–H groups in total. The Morgan fingerprint density at radius 2 is 2.05 bits per heavy atom. The number of nitrogens with one attached hydrogen (secondary N) is 1. The van der Waals surface area contributed by atoms with Crippen LogP contribution in [0.4, 0.5) is 15.9 Å². The lowest BCUT2D eigenvalue weighted by Crippen LogP contribution is -2.25. The number of hydrogen-bond donors (Lipinski definition) is 2. The SMILES string of the molecule is CCN(c1cccc(F)c1)c1nnc(C)c(C)c1C(=N)N. The maximum atomic E-state index is 13.5. The molecule has 0 saturated carbocycles. The summed E-state index contributed by atoms with van der Waals surface area (Å²) in [5, 5.41) is 16.1. The van der Waals surface area contributed by atoms with Gasteiger partial charge in [-0.1, -0.05) is 6.07 Å². The first-order chi connectivity index (χ1) is 9.95. The Balaban J connectivity index is 2.63. The van der Waals surface area contributed by atoms with Gasteiger partial charge in [0.2, 0.25) is 0 Å². The summed E-state index contributed by atoms with van der Waals surface area (Å²) < 4.78 is 13.5. The van der Waals surface area contributed by atoms with Gasteiger partial charge < -0.3 is 10.6 Å². The number of anilines is 2. The van der Waals surface area contributed by atoms with E-state index in [4.69, 9.17) is 11.1 Å². The first kappa shape index (κ1) is 14.9. The van der Waals surface area contributed by atoms with Crippen LogP contribution in [0.3, 0.4) is 0 Å². The lowest BCUT2D eigenvalue weighted by molar-refractivity contribution is 0.627. The van der Waals surface area contributed by atoms with Crippen molar-refractivity contribution in [3.05, 3.63) is 46.9 Å². The van der Waals surface area contributed by atoms with Crippen molar-refractivity contribution >= 4 is 17.3 Å². The number of halogens is 1. The van der Waals surface area contributed by atoms with Crippen LogP contribution in [-0.4, -0.2) is 22.6 Å². The average Bonchev–Trinajstić information content (AvgIpc) is 2.43. The zero-order valence-electron chi connectivity index (χ0n) is 12.3. The molecule has 0 fully saturated rings. The van der Waals surface area contributed by atoms with Crippen molar-refractivity contribution in [1.82, 2.24) is 10.2 Å². The Morgan fingerprint density at radius 1 is 1.33 bits per heavy atom. The number of benzene rings is 1. The number of aromatic nitrogens is 2. The van der Waals surface area contributed by atoms with E-state index in [0.29, 0.717) is 23.6 Å². The number of aryl methyl sites for hydroxylation is 1. The monoisotopic (exact) mass is 287 g/mol. The predicted molar refractivity (Wildman–Crippen MR) is 81.6 cm³/mol. The molecule has 0 aliphatic rings. The Kier molecular flexibility index (Phi) is 4.16. The molecular formula is C15H18FN5. The maximum absolute atomic E-state index is 13.5. The maximum Gasteiger partial charge on any atom is 0.166 e. The molecule has 21 heavy (non-hydrogen) atoms. The average molecular weight is 287 g/mol. The summed E-state index contributed by atoms with van der Waals surface area (Å²) in [6.45, 7) is 6.15. The predicted octanol–water partition coefficient (Wildman–Crippen LogP) is 2.67. The zero-order chi connectivity index (χ0) is 15.6. The van der Waals surface area contributed by atoms with E-state index in [2.05, 4.69) is 10.2 Å². The van der Waals surface area contributed by atoms with Gasteiger partial charge in [0.1, 0.15) is 11.7 Å². The molecule has 0 spiro atoms. The van der Waals surface area contributed by atoms with Crippen molar-refractivity contribution in [2.45, 2.75) is 20.8 Å². The number of nitrogens with zero attached hydrogens (tertiary/aromatic N) is 3. The third-order valence-corrected chi connectivity index (χ3v) is 3.40. The molecule has 0 atom stereocenters. The van der Waals surface area contributed by atoms with Crippen molar-refractivity contribution < 1.29 is 4.39 Å². The highest BCUT2D eigenvalue weighted by molar-refractivity contribution is 6.01. The molecule has 1 aromatic carbocycles. The van der Waals surface area contributed by atoms with Crippen LogP contribution in [0.2, 0.25) is 0 Å². The van der Waals surface area contributed by atoms with Gasteiger partial charge in [0, 0.05) is 12.2 Å². The van der Waals surface area contributed by atoms with Gasteiger partial charge in [-0.3, -0.25) is 5.41 Å². The molecule has 0 aliphatic carbocycles. The summed E-state index contributed by atoms with van der Waals surface area (Å²) >= 11 is 0. The van der Waals surface area contributed by atoms with Crippen LogP contribution < -0.4 is 10.6 Å². The highest BCUT2D eigenvalue weighted by atomic mass is 19.1. The summed E-state index contributed by atoms with van der Waals surface area (Å²) in [7, 11) is 0. The second-order valence-electron chi connectivity index (χ2n) is 4.75. The van der Waals surface area contributed by atoms with Crippen LogP contribution in [0.1, 0.15) is 23.7 Å². The van der Waals surface area contributed by atoms with Crippen LogP contribution in [0.5, 0.6) is 0 Å². The number of nitrogens with two attached hydrogens (primary N) is 1. The molecule has 2 rings (SSSR count). The van der Waals surface area contributed by atoms with Crippen molar-refractivity contribution in [3.63, 3.8) is 0 Å². The quantitative estimate of drug-likeness (QED) is 0.669. The fourth-order valence-corrected chi connectivity index (χ4v) is 2.21. The molecular weight excluding hydrogens is 269 g/mol. The largest absolute Gasteiger partial charge is 0.384 e. The summed E-state index contributed by atoms with van der Waals surface area (Å²) in [5.74, 6) is 0.0705. The standard InChI is InChI=1S/C15H18FN5/c1-4-21(12-7-5-6-11(16)8-12)15-13(14(17)18)9(2)10(3)19-20-15/h5-8H,4H2,1-3H3,(H3,17,18). The zero-order valence-corrected chi connectivity index (χ0v) is 12.3. The summed E-state index contributed by atoms with van der Waals surface area (Å²) in [6.07, 6.45) is 0. The lowest BCUT2D eigenvalue weighted by Gasteiger charge is -2.25. The Bertz CT molecular complexity index is 684. The van der Waals surface area contributed by atoms with Crippen molar-refractivity contribution in [1.29, 1.82) is 5.41 Å². The van der Waals surface area contributed by atoms with E-state index >= 15 is 0 Å². The molecule has 1 heterocycles. The fourth-order valence-electron chi connectivity index (χ4n) is 2.21.